The zero-order chi connectivity index (χ0) is 25.7. The third-order valence-corrected chi connectivity index (χ3v) is 8.70. The second kappa shape index (κ2) is 12.0. The summed E-state index contributed by atoms with van der Waals surface area (Å²) < 4.78 is 18.9. The number of aryl methyl sites for hydroxylation is 2. The summed E-state index contributed by atoms with van der Waals surface area (Å²) in [7, 11) is 3.94. The predicted octanol–water partition coefficient (Wildman–Crippen LogP) is 4.72. The van der Waals surface area contributed by atoms with Crippen molar-refractivity contribution < 1.29 is 27.9 Å². The molecule has 0 aliphatic rings. The smallest absolute Gasteiger partial charge is 0.383 e. The van der Waals surface area contributed by atoms with E-state index in [1.165, 1.54) is 12.8 Å². The molecular formula is C26H36N4O4S2+2. The molecule has 0 aromatic carbocycles. The zero-order valence-electron chi connectivity index (χ0n) is 21.6. The number of hydrogen-bond donors (Lipinski definition) is 0. The van der Waals surface area contributed by atoms with Gasteiger partial charge in [-0.15, -0.1) is 0 Å². The van der Waals surface area contributed by atoms with Crippen LogP contribution in [0.25, 0.3) is 9.92 Å². The third-order valence-electron chi connectivity index (χ3n) is 6.82. The summed E-state index contributed by atoms with van der Waals surface area (Å²) in [5.41, 5.74) is 3.10. The highest BCUT2D eigenvalue weighted by atomic mass is 32.1. The molecular weight excluding hydrogens is 496 g/mol. The first-order valence-electron chi connectivity index (χ1n) is 12.6. The van der Waals surface area contributed by atoms with Crippen molar-refractivity contribution >= 4 is 44.5 Å². The van der Waals surface area contributed by atoms with E-state index < -0.39 is 0 Å². The summed E-state index contributed by atoms with van der Waals surface area (Å²) in [5.74, 6) is -0.495. The molecule has 0 atom stereocenters. The number of fused-ring (bicyclic) bond motifs is 2. The standard InChI is InChI=1S/C26H36N4O4S2/c1-19-21(29-13-17-35-25(29)27(19)3)23(31)33-15-11-9-7-5-6-8-10-12-16-34-24(32)22-20(2)28(4)26-30(22)14-18-36-26/h13-14,17-18H,5-12,15-16H2,1-4H3/q+2. The molecule has 0 saturated heterocycles. The van der Waals surface area contributed by atoms with Crippen molar-refractivity contribution in [1.29, 1.82) is 0 Å². The first-order chi connectivity index (χ1) is 17.4. The fourth-order valence-electron chi connectivity index (χ4n) is 4.54. The SMILES string of the molecule is Cc1c(C(=O)OCCCCCCCCCCOC(=O)c2c(C)n(C)c3scc[n+]23)[n+]2ccsc2n1C. The number of nitrogens with zero attached hydrogens (tertiary/aromatic N) is 4. The van der Waals surface area contributed by atoms with Crippen LogP contribution in [0.3, 0.4) is 0 Å². The van der Waals surface area contributed by atoms with Gasteiger partial charge in [-0.05, 0) is 12.8 Å². The maximum atomic E-state index is 12.6. The quantitative estimate of drug-likeness (QED) is 0.142. The lowest BCUT2D eigenvalue weighted by Gasteiger charge is -2.05. The van der Waals surface area contributed by atoms with Gasteiger partial charge in [-0.1, -0.05) is 61.2 Å². The number of unbranched alkanes of at least 4 members (excludes halogenated alkanes) is 7. The summed E-state index contributed by atoms with van der Waals surface area (Å²) in [4.78, 5) is 27.2. The molecule has 0 saturated carbocycles. The minimum atomic E-state index is -0.247. The van der Waals surface area contributed by atoms with Crippen LogP contribution in [0.5, 0.6) is 0 Å². The Bertz CT molecular complexity index is 1240. The molecule has 4 heterocycles. The Morgan fingerprint density at radius 2 is 1.06 bits per heavy atom. The molecule has 8 nitrogen and oxygen atoms in total. The van der Waals surface area contributed by atoms with E-state index in [2.05, 4.69) is 0 Å². The Labute approximate surface area is 219 Å². The lowest BCUT2D eigenvalue weighted by Crippen LogP contribution is -2.27. The van der Waals surface area contributed by atoms with Gasteiger partial charge in [-0.3, -0.25) is 0 Å². The van der Waals surface area contributed by atoms with Crippen molar-refractivity contribution in [3.05, 3.63) is 45.9 Å². The average molecular weight is 533 g/mol. The van der Waals surface area contributed by atoms with Crippen LogP contribution in [0.15, 0.2) is 23.2 Å². The Kier molecular flexibility index (Phi) is 8.79. The largest absolute Gasteiger partial charge is 0.459 e. The predicted molar refractivity (Wildman–Crippen MR) is 140 cm³/mol. The molecule has 4 aromatic rings. The maximum Gasteiger partial charge on any atom is 0.383 e. The number of imidazole rings is 2. The van der Waals surface area contributed by atoms with Crippen molar-refractivity contribution in [2.24, 2.45) is 14.1 Å². The minimum Gasteiger partial charge on any atom is -0.459 e. The average Bonchev–Trinajstić information content (AvgIpc) is 3.61. The zero-order valence-corrected chi connectivity index (χ0v) is 23.3. The van der Waals surface area contributed by atoms with Gasteiger partial charge in [0.15, 0.2) is 11.4 Å². The fraction of sp³-hybridized carbons (Fsp3) is 0.538. The van der Waals surface area contributed by atoms with E-state index in [0.29, 0.717) is 24.6 Å². The fourth-order valence-corrected chi connectivity index (χ4v) is 6.27. The number of rotatable bonds is 13. The molecule has 0 fully saturated rings. The van der Waals surface area contributed by atoms with Gasteiger partial charge >= 0.3 is 21.9 Å². The van der Waals surface area contributed by atoms with Crippen molar-refractivity contribution in [3.63, 3.8) is 0 Å². The number of hydrogen-bond acceptors (Lipinski definition) is 6. The second-order valence-electron chi connectivity index (χ2n) is 9.20. The maximum absolute atomic E-state index is 12.6. The Balaban J connectivity index is 1.03. The lowest BCUT2D eigenvalue weighted by atomic mass is 10.1. The minimum absolute atomic E-state index is 0.247. The third kappa shape index (κ3) is 5.49. The van der Waals surface area contributed by atoms with Crippen LogP contribution in [0.1, 0.15) is 83.7 Å². The van der Waals surface area contributed by atoms with E-state index in [0.717, 1.165) is 59.8 Å². The summed E-state index contributed by atoms with van der Waals surface area (Å²) in [6.45, 7) is 4.82. The Hall–Kier alpha value is -2.72. The number of esters is 2. The van der Waals surface area contributed by atoms with Gasteiger partial charge in [0.05, 0.1) is 27.3 Å². The summed E-state index contributed by atoms with van der Waals surface area (Å²) in [6.07, 6.45) is 12.4. The van der Waals surface area contributed by atoms with Gasteiger partial charge in [-0.2, -0.15) is 8.80 Å². The van der Waals surface area contributed by atoms with Crippen LogP contribution in [0.2, 0.25) is 0 Å². The normalized spacial score (nSPS) is 11.6. The topological polar surface area (TPSA) is 70.7 Å². The summed E-state index contributed by atoms with van der Waals surface area (Å²) >= 11 is 3.22. The Morgan fingerprint density at radius 3 is 1.44 bits per heavy atom. The van der Waals surface area contributed by atoms with Crippen LogP contribution in [-0.4, -0.2) is 34.3 Å². The Morgan fingerprint density at radius 1 is 0.694 bits per heavy atom. The van der Waals surface area contributed by atoms with E-state index in [4.69, 9.17) is 9.47 Å². The first kappa shape index (κ1) is 26.3. The molecule has 4 aromatic heterocycles. The second-order valence-corrected chi connectivity index (χ2v) is 10.9. The summed E-state index contributed by atoms with van der Waals surface area (Å²) in [5, 5.41) is 3.95. The molecule has 0 N–H and O–H groups in total. The van der Waals surface area contributed by atoms with Gasteiger partial charge in [-0.25, -0.2) is 18.7 Å². The highest BCUT2D eigenvalue weighted by Crippen LogP contribution is 2.16. The van der Waals surface area contributed by atoms with E-state index in [1.807, 2.05) is 69.0 Å². The number of ether oxygens (including phenoxy) is 2. The number of carbonyl (C=O) groups is 2. The molecule has 0 spiro atoms. The van der Waals surface area contributed by atoms with Crippen LogP contribution in [0.4, 0.5) is 0 Å². The molecule has 36 heavy (non-hydrogen) atoms. The molecule has 0 bridgehead atoms. The van der Waals surface area contributed by atoms with Gasteiger partial charge in [0.1, 0.15) is 12.4 Å². The molecule has 0 aliphatic heterocycles. The molecule has 0 radical (unpaired) electrons. The van der Waals surface area contributed by atoms with E-state index in [-0.39, 0.29) is 11.9 Å². The summed E-state index contributed by atoms with van der Waals surface area (Å²) in [6, 6.07) is 0. The first-order valence-corrected chi connectivity index (χ1v) is 14.4. The van der Waals surface area contributed by atoms with Crippen LogP contribution in [-0.2, 0) is 23.6 Å². The number of thiazole rings is 2. The lowest BCUT2D eigenvalue weighted by molar-refractivity contribution is -0.510. The van der Waals surface area contributed by atoms with Crippen molar-refractivity contribution in [2.45, 2.75) is 65.2 Å². The van der Waals surface area contributed by atoms with Crippen molar-refractivity contribution in [1.82, 2.24) is 9.13 Å². The number of carbonyl (C=O) groups excluding carboxylic acids is 2. The monoisotopic (exact) mass is 532 g/mol. The van der Waals surface area contributed by atoms with Crippen LogP contribution >= 0.6 is 22.7 Å². The van der Waals surface area contributed by atoms with E-state index in [1.54, 1.807) is 22.7 Å². The van der Waals surface area contributed by atoms with Crippen molar-refractivity contribution in [3.8, 4) is 0 Å². The highest BCUT2D eigenvalue weighted by Gasteiger charge is 2.29. The van der Waals surface area contributed by atoms with Gasteiger partial charge in [0.2, 0.25) is 0 Å². The van der Waals surface area contributed by atoms with E-state index >= 15 is 0 Å². The van der Waals surface area contributed by atoms with Crippen molar-refractivity contribution in [2.75, 3.05) is 13.2 Å². The molecule has 0 aliphatic carbocycles. The van der Waals surface area contributed by atoms with Crippen LogP contribution < -0.4 is 8.80 Å². The van der Waals surface area contributed by atoms with Crippen LogP contribution in [0, 0.1) is 13.8 Å². The highest BCUT2D eigenvalue weighted by molar-refractivity contribution is 7.14. The molecule has 0 amide bonds. The van der Waals surface area contributed by atoms with E-state index in [9.17, 15) is 9.59 Å². The number of aromatic nitrogens is 4. The van der Waals surface area contributed by atoms with Gasteiger partial charge in [0.25, 0.3) is 11.4 Å². The molecule has 4 rings (SSSR count). The molecule has 0 unspecified atom stereocenters. The van der Waals surface area contributed by atoms with Gasteiger partial charge in [0, 0.05) is 24.6 Å². The van der Waals surface area contributed by atoms with Gasteiger partial charge < -0.3 is 9.47 Å². The molecule has 10 heteroatoms. The molecule has 194 valence electrons.